The maximum absolute atomic E-state index is 6.25. The van der Waals surface area contributed by atoms with E-state index in [1.165, 1.54) is 0 Å². The highest BCUT2D eigenvalue weighted by atomic mass is 16.8. The molecule has 6 aromatic rings. The van der Waals surface area contributed by atoms with Crippen LogP contribution in [0.3, 0.4) is 0 Å². The summed E-state index contributed by atoms with van der Waals surface area (Å²) in [5, 5.41) is 1.90. The molecule has 0 aliphatic carbocycles. The monoisotopic (exact) mass is 612 g/mol. The Hall–Kier alpha value is -5.62. The molecule has 0 atom stereocenters. The van der Waals surface area contributed by atoms with E-state index in [1.54, 1.807) is 0 Å². The number of rotatable bonds is 12. The molecular formula is C40H36O6. The Morgan fingerprint density at radius 3 is 0.804 bits per heavy atom. The molecule has 0 bridgehead atoms. The zero-order chi connectivity index (χ0) is 31.9. The topological polar surface area (TPSA) is 55.4 Å². The highest BCUT2D eigenvalue weighted by molar-refractivity contribution is 5.85. The smallest absolute Gasteiger partial charge is 0.406 e. The molecule has 6 aromatic carbocycles. The number of aryl methyl sites for hydroxylation is 4. The van der Waals surface area contributed by atoms with Crippen LogP contribution in [0.5, 0.6) is 34.5 Å². The fourth-order valence-electron chi connectivity index (χ4n) is 4.63. The fraction of sp³-hybridized carbons (Fsp3) is 0.150. The molecule has 6 nitrogen and oxygen atoms in total. The third kappa shape index (κ3) is 8.30. The minimum absolute atomic E-state index is 0.567. The first-order valence-corrected chi connectivity index (χ1v) is 15.2. The molecule has 6 rings (SSSR count). The molecule has 0 fully saturated rings. The van der Waals surface area contributed by atoms with Crippen LogP contribution in [0.4, 0.5) is 0 Å². The SMILES string of the molecule is Cc1ccc(OC(Oc2ccc(C)cc2)Oc2ccc3ccc(OC(Oc4ccc(C)cc4)Oc4ccc(C)cc4)cc3c2)cc1. The molecule has 0 radical (unpaired) electrons. The fourth-order valence-corrected chi connectivity index (χ4v) is 4.63. The van der Waals surface area contributed by atoms with E-state index in [1.807, 2.05) is 161 Å². The molecule has 0 aliphatic rings. The van der Waals surface area contributed by atoms with Gasteiger partial charge in [-0.1, -0.05) is 82.9 Å². The lowest BCUT2D eigenvalue weighted by molar-refractivity contribution is -0.140. The first kappa shape index (κ1) is 30.4. The van der Waals surface area contributed by atoms with Crippen LogP contribution < -0.4 is 28.4 Å². The van der Waals surface area contributed by atoms with Gasteiger partial charge in [0.05, 0.1) is 0 Å². The molecule has 0 N–H and O–H groups in total. The minimum atomic E-state index is -1.03. The van der Waals surface area contributed by atoms with E-state index in [0.717, 1.165) is 33.0 Å². The maximum atomic E-state index is 6.25. The number of ether oxygens (including phenoxy) is 6. The number of hydrogen-bond acceptors (Lipinski definition) is 6. The van der Waals surface area contributed by atoms with Crippen LogP contribution in [0.15, 0.2) is 133 Å². The molecular weight excluding hydrogens is 576 g/mol. The summed E-state index contributed by atoms with van der Waals surface area (Å²) in [7, 11) is 0. The van der Waals surface area contributed by atoms with Crippen molar-refractivity contribution in [1.29, 1.82) is 0 Å². The Morgan fingerprint density at radius 1 is 0.283 bits per heavy atom. The average Bonchev–Trinajstić information content (AvgIpc) is 3.05. The van der Waals surface area contributed by atoms with E-state index in [2.05, 4.69) is 0 Å². The molecule has 6 heteroatoms. The Balaban J connectivity index is 1.23. The van der Waals surface area contributed by atoms with Crippen LogP contribution in [0.2, 0.25) is 0 Å². The Labute approximate surface area is 269 Å². The minimum Gasteiger partial charge on any atom is -0.423 e. The molecule has 0 saturated carbocycles. The largest absolute Gasteiger partial charge is 0.423 e. The molecule has 0 amide bonds. The summed E-state index contributed by atoms with van der Waals surface area (Å²) in [5.41, 5.74) is 4.53. The van der Waals surface area contributed by atoms with Crippen molar-refractivity contribution in [2.45, 2.75) is 40.6 Å². The van der Waals surface area contributed by atoms with Gasteiger partial charge in [-0.3, -0.25) is 0 Å². The second-order valence-electron chi connectivity index (χ2n) is 11.2. The molecule has 0 aromatic heterocycles. The van der Waals surface area contributed by atoms with Gasteiger partial charge in [0, 0.05) is 0 Å². The lowest BCUT2D eigenvalue weighted by Crippen LogP contribution is -2.30. The van der Waals surface area contributed by atoms with Crippen molar-refractivity contribution in [1.82, 2.24) is 0 Å². The number of hydrogen-bond donors (Lipinski definition) is 0. The standard InChI is InChI=1S/C40H36O6/c1-27-5-15-33(16-6-27)41-39(42-34-17-7-28(2)8-18-34)45-37-23-13-31-14-24-38(26-32(31)25-37)46-40(43-35-19-9-29(3)10-20-35)44-36-21-11-30(4)12-22-36/h5-26,39-40H,1-4H3. The van der Waals surface area contributed by atoms with Gasteiger partial charge in [0.15, 0.2) is 0 Å². The quantitative estimate of drug-likeness (QED) is 0.128. The summed E-state index contributed by atoms with van der Waals surface area (Å²) in [5.74, 6) is 3.66. The Morgan fingerprint density at radius 2 is 0.522 bits per heavy atom. The Bertz CT molecular complexity index is 1630. The summed E-state index contributed by atoms with van der Waals surface area (Å²) in [6, 6.07) is 42.5. The van der Waals surface area contributed by atoms with E-state index >= 15 is 0 Å². The third-order valence-electron chi connectivity index (χ3n) is 7.26. The van der Waals surface area contributed by atoms with Gasteiger partial charge < -0.3 is 28.4 Å². The van der Waals surface area contributed by atoms with E-state index in [0.29, 0.717) is 34.5 Å². The van der Waals surface area contributed by atoms with Gasteiger partial charge in [0.25, 0.3) is 0 Å². The first-order chi connectivity index (χ1) is 22.3. The molecule has 0 aliphatic heterocycles. The van der Waals surface area contributed by atoms with Crippen LogP contribution in [0.1, 0.15) is 22.3 Å². The number of benzene rings is 6. The summed E-state index contributed by atoms with van der Waals surface area (Å²) in [4.78, 5) is 0. The van der Waals surface area contributed by atoms with Gasteiger partial charge >= 0.3 is 13.0 Å². The summed E-state index contributed by atoms with van der Waals surface area (Å²) < 4.78 is 37.0. The normalized spacial score (nSPS) is 11.0. The van der Waals surface area contributed by atoms with Crippen molar-refractivity contribution < 1.29 is 28.4 Å². The van der Waals surface area contributed by atoms with Gasteiger partial charge in [0.2, 0.25) is 0 Å². The first-order valence-electron chi connectivity index (χ1n) is 15.2. The number of fused-ring (bicyclic) bond motifs is 1. The van der Waals surface area contributed by atoms with Crippen molar-refractivity contribution in [3.05, 3.63) is 156 Å². The van der Waals surface area contributed by atoms with E-state index in [9.17, 15) is 0 Å². The molecule has 0 heterocycles. The van der Waals surface area contributed by atoms with Crippen molar-refractivity contribution in [2.75, 3.05) is 0 Å². The zero-order valence-electron chi connectivity index (χ0n) is 26.3. The van der Waals surface area contributed by atoms with Gasteiger partial charge in [-0.05, 0) is 111 Å². The highest BCUT2D eigenvalue weighted by Gasteiger charge is 2.18. The van der Waals surface area contributed by atoms with Crippen LogP contribution in [-0.4, -0.2) is 13.0 Å². The third-order valence-corrected chi connectivity index (χ3v) is 7.26. The van der Waals surface area contributed by atoms with E-state index < -0.39 is 13.0 Å². The van der Waals surface area contributed by atoms with Crippen LogP contribution in [0, 0.1) is 27.7 Å². The van der Waals surface area contributed by atoms with Gasteiger partial charge in [0.1, 0.15) is 34.5 Å². The van der Waals surface area contributed by atoms with Crippen LogP contribution in [-0.2, 0) is 0 Å². The second kappa shape index (κ2) is 14.0. The molecule has 46 heavy (non-hydrogen) atoms. The van der Waals surface area contributed by atoms with Crippen molar-refractivity contribution in [2.24, 2.45) is 0 Å². The predicted octanol–water partition coefficient (Wildman–Crippen LogP) is 9.71. The maximum Gasteiger partial charge on any atom is 0.406 e. The summed E-state index contributed by atoms with van der Waals surface area (Å²) in [6.45, 7) is 6.05. The van der Waals surface area contributed by atoms with Crippen molar-refractivity contribution >= 4 is 10.8 Å². The lowest BCUT2D eigenvalue weighted by Gasteiger charge is -2.22. The van der Waals surface area contributed by atoms with Gasteiger partial charge in [-0.25, -0.2) is 0 Å². The Kier molecular flexibility index (Phi) is 9.25. The summed E-state index contributed by atoms with van der Waals surface area (Å²) in [6.07, 6.45) is 0. The highest BCUT2D eigenvalue weighted by Crippen LogP contribution is 2.29. The van der Waals surface area contributed by atoms with Gasteiger partial charge in [-0.15, -0.1) is 0 Å². The van der Waals surface area contributed by atoms with Crippen LogP contribution >= 0.6 is 0 Å². The average molecular weight is 613 g/mol. The predicted molar refractivity (Wildman–Crippen MR) is 180 cm³/mol. The zero-order valence-corrected chi connectivity index (χ0v) is 26.3. The van der Waals surface area contributed by atoms with E-state index in [-0.39, 0.29) is 0 Å². The lowest BCUT2D eigenvalue weighted by atomic mass is 10.1. The van der Waals surface area contributed by atoms with E-state index in [4.69, 9.17) is 28.4 Å². The second-order valence-corrected chi connectivity index (χ2v) is 11.2. The molecule has 0 spiro atoms. The summed E-state index contributed by atoms with van der Waals surface area (Å²) >= 11 is 0. The molecule has 0 saturated heterocycles. The molecule has 232 valence electrons. The van der Waals surface area contributed by atoms with Crippen molar-refractivity contribution in [3.63, 3.8) is 0 Å². The van der Waals surface area contributed by atoms with Crippen molar-refractivity contribution in [3.8, 4) is 34.5 Å². The van der Waals surface area contributed by atoms with Crippen LogP contribution in [0.25, 0.3) is 10.8 Å². The molecule has 0 unspecified atom stereocenters. The van der Waals surface area contributed by atoms with Gasteiger partial charge in [-0.2, -0.15) is 0 Å².